The van der Waals surface area contributed by atoms with Gasteiger partial charge in [0.1, 0.15) is 11.5 Å². The first-order valence-corrected chi connectivity index (χ1v) is 9.88. The zero-order valence-corrected chi connectivity index (χ0v) is 15.9. The third kappa shape index (κ3) is 4.34. The molecule has 26 heavy (non-hydrogen) atoms. The molecule has 0 bridgehead atoms. The van der Waals surface area contributed by atoms with E-state index in [1.165, 1.54) is 0 Å². The van der Waals surface area contributed by atoms with E-state index < -0.39 is 9.84 Å². The number of benzene rings is 1. The zero-order valence-electron chi connectivity index (χ0n) is 15.1. The summed E-state index contributed by atoms with van der Waals surface area (Å²) in [4.78, 5) is 8.32. The minimum absolute atomic E-state index is 0.0251. The quantitative estimate of drug-likeness (QED) is 0.668. The van der Waals surface area contributed by atoms with Gasteiger partial charge in [0, 0.05) is 11.0 Å². The van der Waals surface area contributed by atoms with E-state index >= 15 is 0 Å². The molecule has 8 nitrogen and oxygen atoms in total. The van der Waals surface area contributed by atoms with Crippen molar-refractivity contribution >= 4 is 9.84 Å². The average molecular weight is 376 g/mol. The third-order valence-corrected chi connectivity index (χ3v) is 4.94. The lowest BCUT2D eigenvalue weighted by atomic mass is 9.96. The van der Waals surface area contributed by atoms with Gasteiger partial charge in [-0.25, -0.2) is 8.42 Å². The summed E-state index contributed by atoms with van der Waals surface area (Å²) in [6.45, 7) is 7.70. The van der Waals surface area contributed by atoms with Crippen LogP contribution in [0, 0.1) is 6.92 Å². The van der Waals surface area contributed by atoms with Gasteiger partial charge >= 0.3 is 0 Å². The molecular weight excluding hydrogens is 356 g/mol. The zero-order chi connectivity index (χ0) is 18.9. The molecule has 2 heterocycles. The summed E-state index contributed by atoms with van der Waals surface area (Å²) in [5, 5.41) is 7.68. The molecule has 0 spiro atoms. The highest BCUT2D eigenvalue weighted by atomic mass is 32.2. The maximum absolute atomic E-state index is 12.4. The van der Waals surface area contributed by atoms with Gasteiger partial charge in [0.05, 0.1) is 0 Å². The van der Waals surface area contributed by atoms with Gasteiger partial charge in [0.25, 0.3) is 0 Å². The Kier molecular flexibility index (Phi) is 4.66. The van der Waals surface area contributed by atoms with E-state index in [1.54, 1.807) is 0 Å². The Balaban J connectivity index is 1.73. The minimum atomic E-state index is -3.59. The molecule has 0 saturated heterocycles. The summed E-state index contributed by atoms with van der Waals surface area (Å²) in [5.41, 5.74) is 1.50. The van der Waals surface area contributed by atoms with Crippen molar-refractivity contribution < 1.29 is 17.5 Å². The second-order valence-corrected chi connectivity index (χ2v) is 9.24. The van der Waals surface area contributed by atoms with Gasteiger partial charge in [-0.15, -0.1) is 0 Å². The number of sulfone groups is 1. The molecule has 0 N–H and O–H groups in total. The number of rotatable bonds is 5. The summed E-state index contributed by atoms with van der Waals surface area (Å²) >= 11 is 0. The lowest BCUT2D eigenvalue weighted by Crippen LogP contribution is -2.14. The Labute approximate surface area is 151 Å². The maximum atomic E-state index is 12.4. The van der Waals surface area contributed by atoms with Gasteiger partial charge in [-0.05, 0) is 13.0 Å². The smallest absolute Gasteiger partial charge is 0.242 e. The first-order chi connectivity index (χ1) is 12.1. The van der Waals surface area contributed by atoms with Crippen LogP contribution in [-0.4, -0.2) is 28.7 Å². The van der Waals surface area contributed by atoms with E-state index in [0.717, 1.165) is 11.1 Å². The molecule has 3 aromatic rings. The van der Waals surface area contributed by atoms with Crippen molar-refractivity contribution in [2.75, 3.05) is 0 Å². The van der Waals surface area contributed by atoms with Crippen LogP contribution in [0.5, 0.6) is 0 Å². The summed E-state index contributed by atoms with van der Waals surface area (Å²) in [7, 11) is -3.59. The van der Waals surface area contributed by atoms with Crippen molar-refractivity contribution in [3.05, 3.63) is 47.4 Å². The average Bonchev–Trinajstić information content (AvgIpc) is 3.15. The molecule has 138 valence electrons. The van der Waals surface area contributed by atoms with Crippen molar-refractivity contribution in [2.24, 2.45) is 0 Å². The minimum Gasteiger partial charge on any atom is -0.338 e. The Bertz CT molecular complexity index is 1020. The van der Waals surface area contributed by atoms with Crippen LogP contribution in [0.25, 0.3) is 11.4 Å². The van der Waals surface area contributed by atoms with Crippen LogP contribution in [0.15, 0.2) is 33.3 Å². The number of nitrogens with zero attached hydrogens (tertiary/aromatic N) is 4. The standard InChI is InChI=1S/C17H20N4O4S/c1-11-6-5-7-12(8-11)15-18-13(24-20-15)9-26(22,23)10-14-19-16(21-25-14)17(2,3)4/h5-8H,9-10H2,1-4H3. The van der Waals surface area contributed by atoms with Gasteiger partial charge < -0.3 is 9.05 Å². The Morgan fingerprint density at radius 1 is 1.00 bits per heavy atom. The van der Waals surface area contributed by atoms with E-state index in [0.29, 0.717) is 11.6 Å². The first kappa shape index (κ1) is 18.2. The highest BCUT2D eigenvalue weighted by molar-refractivity contribution is 7.89. The maximum Gasteiger partial charge on any atom is 0.242 e. The topological polar surface area (TPSA) is 112 Å². The molecule has 0 atom stereocenters. The highest BCUT2D eigenvalue weighted by Crippen LogP contribution is 2.21. The van der Waals surface area contributed by atoms with Gasteiger partial charge in [-0.1, -0.05) is 54.8 Å². The molecule has 0 aliphatic heterocycles. The summed E-state index contributed by atoms with van der Waals surface area (Å²) in [6, 6.07) is 7.56. The van der Waals surface area contributed by atoms with Crippen molar-refractivity contribution in [1.82, 2.24) is 20.3 Å². The van der Waals surface area contributed by atoms with Crippen LogP contribution in [0.1, 0.15) is 43.9 Å². The van der Waals surface area contributed by atoms with Crippen LogP contribution < -0.4 is 0 Å². The molecule has 0 fully saturated rings. The van der Waals surface area contributed by atoms with Gasteiger partial charge in [0.2, 0.25) is 17.6 Å². The molecule has 0 saturated carbocycles. The molecule has 9 heteroatoms. The summed E-state index contributed by atoms with van der Waals surface area (Å²) in [6.07, 6.45) is 0. The fourth-order valence-electron chi connectivity index (χ4n) is 2.26. The molecule has 1 aromatic carbocycles. The number of hydrogen-bond donors (Lipinski definition) is 0. The lowest BCUT2D eigenvalue weighted by molar-refractivity contribution is 0.370. The predicted molar refractivity (Wildman–Crippen MR) is 93.8 cm³/mol. The Hall–Kier alpha value is -2.55. The van der Waals surface area contributed by atoms with Crippen molar-refractivity contribution in [3.8, 4) is 11.4 Å². The molecule has 0 aliphatic carbocycles. The SMILES string of the molecule is Cc1cccc(-c2noc(CS(=O)(=O)Cc3nc(C(C)(C)C)no3)n2)c1. The van der Waals surface area contributed by atoms with E-state index in [1.807, 2.05) is 52.0 Å². The van der Waals surface area contributed by atoms with Crippen molar-refractivity contribution in [2.45, 2.75) is 44.6 Å². The monoisotopic (exact) mass is 376 g/mol. The van der Waals surface area contributed by atoms with Crippen molar-refractivity contribution in [3.63, 3.8) is 0 Å². The van der Waals surface area contributed by atoms with Crippen LogP contribution in [0.4, 0.5) is 0 Å². The van der Waals surface area contributed by atoms with Crippen LogP contribution >= 0.6 is 0 Å². The first-order valence-electron chi connectivity index (χ1n) is 8.05. The number of aromatic nitrogens is 4. The van der Waals surface area contributed by atoms with Crippen molar-refractivity contribution in [1.29, 1.82) is 0 Å². The second kappa shape index (κ2) is 6.64. The molecule has 2 aromatic heterocycles. The third-order valence-electron chi connectivity index (χ3n) is 3.57. The Morgan fingerprint density at radius 2 is 1.65 bits per heavy atom. The van der Waals surface area contributed by atoms with Gasteiger partial charge in [-0.3, -0.25) is 0 Å². The molecule has 0 aliphatic rings. The fourth-order valence-corrected chi connectivity index (χ4v) is 3.35. The predicted octanol–water partition coefficient (Wildman–Crippen LogP) is 2.84. The summed E-state index contributed by atoms with van der Waals surface area (Å²) in [5.74, 6) is 0.122. The highest BCUT2D eigenvalue weighted by Gasteiger charge is 2.25. The molecule has 0 amide bonds. The van der Waals surface area contributed by atoms with E-state index in [9.17, 15) is 8.42 Å². The normalized spacial score (nSPS) is 12.5. The van der Waals surface area contributed by atoms with Crippen LogP contribution in [0.2, 0.25) is 0 Å². The van der Waals surface area contributed by atoms with E-state index in [-0.39, 0.29) is 28.7 Å². The fraction of sp³-hybridized carbons (Fsp3) is 0.412. The lowest BCUT2D eigenvalue weighted by Gasteiger charge is -2.10. The van der Waals surface area contributed by atoms with E-state index in [4.69, 9.17) is 9.05 Å². The summed E-state index contributed by atoms with van der Waals surface area (Å²) < 4.78 is 34.9. The number of hydrogen-bond acceptors (Lipinski definition) is 8. The molecule has 0 unspecified atom stereocenters. The number of aryl methyl sites for hydroxylation is 1. The molecule has 0 radical (unpaired) electrons. The largest absolute Gasteiger partial charge is 0.338 e. The van der Waals surface area contributed by atoms with Gasteiger partial charge in [0.15, 0.2) is 15.7 Å². The molecule has 3 rings (SSSR count). The second-order valence-electron chi connectivity index (χ2n) is 7.18. The van der Waals surface area contributed by atoms with Gasteiger partial charge in [-0.2, -0.15) is 9.97 Å². The van der Waals surface area contributed by atoms with Crippen LogP contribution in [0.3, 0.4) is 0 Å². The Morgan fingerprint density at radius 3 is 2.27 bits per heavy atom. The van der Waals surface area contributed by atoms with E-state index in [2.05, 4.69) is 20.3 Å². The van der Waals surface area contributed by atoms with Crippen LogP contribution in [-0.2, 0) is 26.8 Å². The molecular formula is C17H20N4O4S.